The van der Waals surface area contributed by atoms with Crippen molar-refractivity contribution in [3.8, 4) is 0 Å². The highest BCUT2D eigenvalue weighted by atomic mass is 127. The molecule has 1 heterocycles. The predicted octanol–water partition coefficient (Wildman–Crippen LogP) is 1.61. The molecule has 0 atom stereocenters. The van der Waals surface area contributed by atoms with Gasteiger partial charge in [-0.15, -0.1) is 24.0 Å². The normalized spacial score (nSPS) is 15.0. The van der Waals surface area contributed by atoms with E-state index in [1.807, 2.05) is 18.2 Å². The lowest BCUT2D eigenvalue weighted by Gasteiger charge is -2.26. The lowest BCUT2D eigenvalue weighted by atomic mass is 10.1. The Morgan fingerprint density at radius 3 is 2.46 bits per heavy atom. The maximum atomic E-state index is 11.9. The summed E-state index contributed by atoms with van der Waals surface area (Å²) in [6.07, 6.45) is 4.80. The first-order valence-electron chi connectivity index (χ1n) is 9.25. The van der Waals surface area contributed by atoms with Gasteiger partial charge in [0.25, 0.3) is 0 Å². The van der Waals surface area contributed by atoms with Gasteiger partial charge in [-0.25, -0.2) is 0 Å². The summed E-state index contributed by atoms with van der Waals surface area (Å²) in [7, 11) is 1.73. The van der Waals surface area contributed by atoms with Crippen molar-refractivity contribution in [3.05, 3.63) is 35.9 Å². The van der Waals surface area contributed by atoms with Gasteiger partial charge in [0.15, 0.2) is 5.96 Å². The lowest BCUT2D eigenvalue weighted by Crippen LogP contribution is -2.46. The minimum Gasteiger partial charge on any atom is -0.355 e. The molecule has 2 rings (SSSR count). The number of likely N-dealkylation sites (tertiary alicyclic amines) is 1. The van der Waals surface area contributed by atoms with Crippen LogP contribution >= 0.6 is 24.0 Å². The number of carbonyl (C=O) groups is 1. The number of piperidine rings is 1. The third-order valence-corrected chi connectivity index (χ3v) is 4.39. The van der Waals surface area contributed by atoms with Gasteiger partial charge in [0.05, 0.1) is 6.54 Å². The molecule has 1 amide bonds. The standard InChI is InChI=1S/C19H31N5O.HI/c1-20-19(22-12-15-24-13-6-3-7-14-24)23-16-18(25)21-11-10-17-8-4-2-5-9-17;/h2,4-5,8-9H,3,6-7,10-16H2,1H3,(H,21,25)(H2,20,22,23);1H. The molecule has 0 aromatic heterocycles. The topological polar surface area (TPSA) is 68.8 Å². The highest BCUT2D eigenvalue weighted by Gasteiger charge is 2.09. The average molecular weight is 473 g/mol. The number of hydrogen-bond donors (Lipinski definition) is 3. The number of halogens is 1. The molecule has 1 aliphatic rings. The van der Waals surface area contributed by atoms with Gasteiger partial charge in [0, 0.05) is 26.7 Å². The van der Waals surface area contributed by atoms with Gasteiger partial charge in [-0.05, 0) is 37.9 Å². The Bertz CT molecular complexity index is 532. The highest BCUT2D eigenvalue weighted by Crippen LogP contribution is 2.07. The molecule has 1 fully saturated rings. The third kappa shape index (κ3) is 9.38. The summed E-state index contributed by atoms with van der Waals surface area (Å²) in [6, 6.07) is 10.2. The summed E-state index contributed by atoms with van der Waals surface area (Å²) in [5.74, 6) is 0.658. The van der Waals surface area contributed by atoms with Crippen LogP contribution in [0.4, 0.5) is 0 Å². The number of amides is 1. The van der Waals surface area contributed by atoms with Crippen LogP contribution in [0.2, 0.25) is 0 Å². The van der Waals surface area contributed by atoms with Crippen LogP contribution in [0.15, 0.2) is 35.3 Å². The minimum absolute atomic E-state index is 0. The molecule has 1 aromatic rings. The molecule has 6 nitrogen and oxygen atoms in total. The molecule has 1 aromatic carbocycles. The van der Waals surface area contributed by atoms with Crippen molar-refractivity contribution in [3.63, 3.8) is 0 Å². The van der Waals surface area contributed by atoms with Gasteiger partial charge >= 0.3 is 0 Å². The molecule has 1 aliphatic heterocycles. The molecule has 0 saturated carbocycles. The second-order valence-corrected chi connectivity index (χ2v) is 6.34. The van der Waals surface area contributed by atoms with Crippen molar-refractivity contribution in [2.45, 2.75) is 25.7 Å². The maximum Gasteiger partial charge on any atom is 0.239 e. The predicted molar refractivity (Wildman–Crippen MR) is 118 cm³/mol. The highest BCUT2D eigenvalue weighted by molar-refractivity contribution is 14.0. The van der Waals surface area contributed by atoms with Gasteiger partial charge in [0.1, 0.15) is 0 Å². The second kappa shape index (κ2) is 13.8. The monoisotopic (exact) mass is 473 g/mol. The maximum absolute atomic E-state index is 11.9. The van der Waals surface area contributed by atoms with Gasteiger partial charge in [-0.1, -0.05) is 36.8 Å². The molecular formula is C19H32IN5O. The first-order chi connectivity index (χ1) is 12.3. The number of aliphatic imine (C=N–C) groups is 1. The van der Waals surface area contributed by atoms with Crippen molar-refractivity contribution in [2.75, 3.05) is 46.3 Å². The van der Waals surface area contributed by atoms with E-state index in [-0.39, 0.29) is 36.4 Å². The Labute approximate surface area is 174 Å². The molecule has 0 spiro atoms. The van der Waals surface area contributed by atoms with E-state index in [1.165, 1.54) is 37.9 Å². The minimum atomic E-state index is -0.0186. The molecule has 0 radical (unpaired) electrons. The summed E-state index contributed by atoms with van der Waals surface area (Å²) in [5, 5.41) is 9.26. The number of benzene rings is 1. The Morgan fingerprint density at radius 1 is 1.04 bits per heavy atom. The van der Waals surface area contributed by atoms with E-state index in [4.69, 9.17) is 0 Å². The smallest absolute Gasteiger partial charge is 0.239 e. The van der Waals surface area contributed by atoms with Crippen molar-refractivity contribution >= 4 is 35.8 Å². The SMILES string of the molecule is CN=C(NCCN1CCCCC1)NCC(=O)NCCc1ccccc1.I. The van der Waals surface area contributed by atoms with E-state index in [9.17, 15) is 4.79 Å². The molecule has 26 heavy (non-hydrogen) atoms. The summed E-state index contributed by atoms with van der Waals surface area (Å²) in [6.45, 7) is 5.12. The molecule has 0 bridgehead atoms. The van der Waals surface area contributed by atoms with Crippen LogP contribution in [-0.2, 0) is 11.2 Å². The van der Waals surface area contributed by atoms with Crippen molar-refractivity contribution in [1.82, 2.24) is 20.9 Å². The second-order valence-electron chi connectivity index (χ2n) is 6.34. The van der Waals surface area contributed by atoms with Crippen molar-refractivity contribution < 1.29 is 4.79 Å². The van der Waals surface area contributed by atoms with Crippen molar-refractivity contribution in [2.24, 2.45) is 4.99 Å². The number of nitrogens with one attached hydrogen (secondary N) is 3. The average Bonchev–Trinajstić information content (AvgIpc) is 2.66. The number of carbonyl (C=O) groups excluding carboxylic acids is 1. The van der Waals surface area contributed by atoms with Crippen LogP contribution in [0.1, 0.15) is 24.8 Å². The van der Waals surface area contributed by atoms with E-state index in [1.54, 1.807) is 7.05 Å². The fraction of sp³-hybridized carbons (Fsp3) is 0.579. The molecule has 1 saturated heterocycles. The Balaban J connectivity index is 0.00000338. The van der Waals surface area contributed by atoms with E-state index in [0.717, 1.165) is 19.5 Å². The summed E-state index contributed by atoms with van der Waals surface area (Å²) in [5.41, 5.74) is 1.23. The Morgan fingerprint density at radius 2 is 1.77 bits per heavy atom. The first-order valence-corrected chi connectivity index (χ1v) is 9.25. The van der Waals surface area contributed by atoms with Crippen LogP contribution < -0.4 is 16.0 Å². The fourth-order valence-electron chi connectivity index (χ4n) is 2.95. The van der Waals surface area contributed by atoms with Crippen LogP contribution in [0.5, 0.6) is 0 Å². The summed E-state index contributed by atoms with van der Waals surface area (Å²) >= 11 is 0. The van der Waals surface area contributed by atoms with Crippen LogP contribution in [0.25, 0.3) is 0 Å². The van der Waals surface area contributed by atoms with Crippen LogP contribution in [-0.4, -0.2) is 63.1 Å². The molecule has 3 N–H and O–H groups in total. The molecule has 0 unspecified atom stereocenters. The zero-order valence-corrected chi connectivity index (χ0v) is 18.0. The third-order valence-electron chi connectivity index (χ3n) is 4.39. The van der Waals surface area contributed by atoms with Gasteiger partial charge in [0.2, 0.25) is 5.91 Å². The number of rotatable bonds is 8. The van der Waals surface area contributed by atoms with Gasteiger partial charge < -0.3 is 20.9 Å². The Hall–Kier alpha value is -1.35. The van der Waals surface area contributed by atoms with Gasteiger partial charge in [-0.3, -0.25) is 9.79 Å². The molecular weight excluding hydrogens is 441 g/mol. The van der Waals surface area contributed by atoms with E-state index >= 15 is 0 Å². The van der Waals surface area contributed by atoms with E-state index in [2.05, 4.69) is 38.0 Å². The summed E-state index contributed by atoms with van der Waals surface area (Å²) < 4.78 is 0. The fourth-order valence-corrected chi connectivity index (χ4v) is 2.95. The molecule has 0 aliphatic carbocycles. The number of guanidine groups is 1. The number of hydrogen-bond acceptors (Lipinski definition) is 3. The zero-order chi connectivity index (χ0) is 17.7. The Kier molecular flexibility index (Phi) is 12.0. The number of nitrogens with zero attached hydrogens (tertiary/aromatic N) is 2. The molecule has 146 valence electrons. The van der Waals surface area contributed by atoms with E-state index in [0.29, 0.717) is 12.5 Å². The van der Waals surface area contributed by atoms with E-state index < -0.39 is 0 Å². The van der Waals surface area contributed by atoms with Crippen LogP contribution in [0.3, 0.4) is 0 Å². The zero-order valence-electron chi connectivity index (χ0n) is 15.7. The molecule has 7 heteroatoms. The first kappa shape index (κ1) is 22.7. The quantitative estimate of drug-likeness (QED) is 0.305. The summed E-state index contributed by atoms with van der Waals surface area (Å²) in [4.78, 5) is 18.5. The van der Waals surface area contributed by atoms with Gasteiger partial charge in [-0.2, -0.15) is 0 Å². The van der Waals surface area contributed by atoms with Crippen molar-refractivity contribution in [1.29, 1.82) is 0 Å². The largest absolute Gasteiger partial charge is 0.355 e. The lowest BCUT2D eigenvalue weighted by molar-refractivity contribution is -0.119. The van der Waals surface area contributed by atoms with Crippen LogP contribution in [0, 0.1) is 0 Å².